The number of hydrogen-bond acceptors (Lipinski definition) is 2. The van der Waals surface area contributed by atoms with E-state index < -0.39 is 0 Å². The fraction of sp³-hybridized carbons (Fsp3) is 0.556. The van der Waals surface area contributed by atoms with Gasteiger partial charge in [0.1, 0.15) is 0 Å². The van der Waals surface area contributed by atoms with Crippen molar-refractivity contribution in [1.82, 2.24) is 9.80 Å². The highest BCUT2D eigenvalue weighted by Crippen LogP contribution is 2.25. The van der Waals surface area contributed by atoms with Gasteiger partial charge >= 0.3 is 0 Å². The van der Waals surface area contributed by atoms with Crippen molar-refractivity contribution in [3.05, 3.63) is 41.5 Å². The first-order valence-corrected chi connectivity index (χ1v) is 7.92. The number of rotatable bonds is 3. The van der Waals surface area contributed by atoms with E-state index in [1.807, 2.05) is 0 Å². The van der Waals surface area contributed by atoms with Crippen LogP contribution in [0.4, 0.5) is 0 Å². The number of hydrogen-bond donors (Lipinski definition) is 0. The summed E-state index contributed by atoms with van der Waals surface area (Å²) in [4.78, 5) is 5.36. The smallest absolute Gasteiger partial charge is 0.0224 e. The molecule has 0 radical (unpaired) electrons. The number of benzene rings is 1. The van der Waals surface area contributed by atoms with Crippen LogP contribution in [-0.4, -0.2) is 48.1 Å². The molecule has 0 aliphatic carbocycles. The van der Waals surface area contributed by atoms with Gasteiger partial charge < -0.3 is 0 Å². The van der Waals surface area contributed by atoms with Gasteiger partial charge in [-0.15, -0.1) is 0 Å². The molecular formula is C18H26N2. The van der Waals surface area contributed by atoms with Gasteiger partial charge in [-0.1, -0.05) is 42.0 Å². The minimum atomic E-state index is 0.684. The lowest BCUT2D eigenvalue weighted by Crippen LogP contribution is -2.55. The third-order valence-corrected chi connectivity index (χ3v) is 4.73. The monoisotopic (exact) mass is 270 g/mol. The minimum absolute atomic E-state index is 0.684. The molecule has 3 rings (SSSR count). The van der Waals surface area contributed by atoms with Crippen LogP contribution in [0.3, 0.4) is 0 Å². The Morgan fingerprint density at radius 2 is 2.05 bits per heavy atom. The third-order valence-electron chi connectivity index (χ3n) is 4.73. The zero-order chi connectivity index (χ0) is 13.9. The van der Waals surface area contributed by atoms with Crippen molar-refractivity contribution in [2.45, 2.75) is 38.8 Å². The number of nitrogens with zero attached hydrogens (tertiary/aromatic N) is 2. The molecule has 1 aromatic rings. The Labute approximate surface area is 123 Å². The lowest BCUT2D eigenvalue weighted by molar-refractivity contribution is 0.0668. The van der Waals surface area contributed by atoms with Crippen molar-refractivity contribution in [2.24, 2.45) is 0 Å². The largest absolute Gasteiger partial charge is 0.298 e. The van der Waals surface area contributed by atoms with Gasteiger partial charge in [0.2, 0.25) is 0 Å². The average molecular weight is 270 g/mol. The SMILES string of the molecule is C/C(=C\c1ccccc1)CN1C[C@H]2CCCN2C[C@H]1C. The lowest BCUT2D eigenvalue weighted by atomic mass is 10.1. The highest BCUT2D eigenvalue weighted by molar-refractivity contribution is 5.52. The van der Waals surface area contributed by atoms with Crippen LogP contribution in [0.15, 0.2) is 35.9 Å². The zero-order valence-corrected chi connectivity index (χ0v) is 12.8. The van der Waals surface area contributed by atoms with E-state index in [0.29, 0.717) is 6.04 Å². The van der Waals surface area contributed by atoms with Crippen LogP contribution in [0.5, 0.6) is 0 Å². The van der Waals surface area contributed by atoms with Crippen molar-refractivity contribution in [2.75, 3.05) is 26.2 Å². The lowest BCUT2D eigenvalue weighted by Gasteiger charge is -2.42. The van der Waals surface area contributed by atoms with Crippen molar-refractivity contribution < 1.29 is 0 Å². The number of piperazine rings is 1. The Kier molecular flexibility index (Phi) is 4.23. The molecule has 2 nitrogen and oxygen atoms in total. The number of fused-ring (bicyclic) bond motifs is 1. The maximum Gasteiger partial charge on any atom is 0.0224 e. The maximum atomic E-state index is 2.69. The Bertz CT molecular complexity index is 466. The van der Waals surface area contributed by atoms with Gasteiger partial charge in [0.15, 0.2) is 0 Å². The average Bonchev–Trinajstić information content (AvgIpc) is 2.87. The van der Waals surface area contributed by atoms with E-state index in [1.165, 1.54) is 43.6 Å². The van der Waals surface area contributed by atoms with Gasteiger partial charge in [-0.25, -0.2) is 0 Å². The van der Waals surface area contributed by atoms with E-state index in [1.54, 1.807) is 0 Å². The quantitative estimate of drug-likeness (QED) is 0.832. The highest BCUT2D eigenvalue weighted by atomic mass is 15.3. The molecule has 2 fully saturated rings. The fourth-order valence-electron chi connectivity index (χ4n) is 3.67. The van der Waals surface area contributed by atoms with Gasteiger partial charge in [-0.3, -0.25) is 9.80 Å². The molecule has 1 aromatic carbocycles. The summed E-state index contributed by atoms with van der Waals surface area (Å²) in [5, 5.41) is 0. The molecule has 0 spiro atoms. The summed E-state index contributed by atoms with van der Waals surface area (Å²) in [5.41, 5.74) is 2.78. The summed E-state index contributed by atoms with van der Waals surface area (Å²) in [6.07, 6.45) is 5.11. The molecule has 2 aliphatic heterocycles. The molecule has 108 valence electrons. The molecule has 20 heavy (non-hydrogen) atoms. The molecule has 2 heteroatoms. The van der Waals surface area contributed by atoms with E-state index >= 15 is 0 Å². The first kappa shape index (κ1) is 13.8. The van der Waals surface area contributed by atoms with Crippen LogP contribution in [0.1, 0.15) is 32.3 Å². The Balaban J connectivity index is 1.63. The van der Waals surface area contributed by atoms with E-state index in [9.17, 15) is 0 Å². The van der Waals surface area contributed by atoms with Crippen LogP contribution >= 0.6 is 0 Å². The third kappa shape index (κ3) is 3.13. The summed E-state index contributed by atoms with van der Waals surface area (Å²) in [5.74, 6) is 0. The van der Waals surface area contributed by atoms with E-state index in [0.717, 1.165) is 12.6 Å². The molecule has 0 saturated carbocycles. The minimum Gasteiger partial charge on any atom is -0.298 e. The standard InChI is InChI=1S/C18H26N2/c1-15(11-17-7-4-3-5-8-17)12-20-14-18-9-6-10-19(18)13-16(20)2/h3-5,7-8,11,16,18H,6,9-10,12-14H2,1-2H3/b15-11+/t16-,18-/m1/s1. The van der Waals surface area contributed by atoms with Gasteiger partial charge in [-0.05, 0) is 38.8 Å². The second kappa shape index (κ2) is 6.11. The molecule has 2 heterocycles. The van der Waals surface area contributed by atoms with E-state index in [4.69, 9.17) is 0 Å². The Morgan fingerprint density at radius 3 is 2.85 bits per heavy atom. The molecule has 0 aromatic heterocycles. The molecule has 2 aliphatic rings. The fourth-order valence-corrected chi connectivity index (χ4v) is 3.67. The predicted molar refractivity (Wildman–Crippen MR) is 85.7 cm³/mol. The topological polar surface area (TPSA) is 6.48 Å². The predicted octanol–water partition coefficient (Wildman–Crippen LogP) is 3.26. The molecule has 2 saturated heterocycles. The van der Waals surface area contributed by atoms with Crippen molar-refractivity contribution >= 4 is 6.08 Å². The van der Waals surface area contributed by atoms with E-state index in [2.05, 4.69) is 60.1 Å². The summed E-state index contributed by atoms with van der Waals surface area (Å²) >= 11 is 0. The summed E-state index contributed by atoms with van der Waals surface area (Å²) in [7, 11) is 0. The Hall–Kier alpha value is -1.12. The first-order chi connectivity index (χ1) is 9.72. The van der Waals surface area contributed by atoms with Crippen molar-refractivity contribution in [3.63, 3.8) is 0 Å². The summed E-state index contributed by atoms with van der Waals surface area (Å²) in [6.45, 7) is 9.58. The highest BCUT2D eigenvalue weighted by Gasteiger charge is 2.33. The maximum absolute atomic E-state index is 2.69. The Morgan fingerprint density at radius 1 is 1.25 bits per heavy atom. The zero-order valence-electron chi connectivity index (χ0n) is 12.8. The molecule has 0 unspecified atom stereocenters. The molecular weight excluding hydrogens is 244 g/mol. The van der Waals surface area contributed by atoms with Crippen LogP contribution < -0.4 is 0 Å². The second-order valence-corrected chi connectivity index (χ2v) is 6.47. The normalized spacial score (nSPS) is 28.6. The molecule has 0 N–H and O–H groups in total. The van der Waals surface area contributed by atoms with Crippen LogP contribution in [0.2, 0.25) is 0 Å². The van der Waals surface area contributed by atoms with Gasteiger partial charge in [0.05, 0.1) is 0 Å². The van der Waals surface area contributed by atoms with Crippen LogP contribution in [0, 0.1) is 0 Å². The van der Waals surface area contributed by atoms with Gasteiger partial charge in [0, 0.05) is 31.7 Å². The van der Waals surface area contributed by atoms with E-state index in [-0.39, 0.29) is 0 Å². The molecule has 0 bridgehead atoms. The van der Waals surface area contributed by atoms with Crippen molar-refractivity contribution in [1.29, 1.82) is 0 Å². The summed E-state index contributed by atoms with van der Waals surface area (Å²) < 4.78 is 0. The molecule has 2 atom stereocenters. The van der Waals surface area contributed by atoms with Crippen LogP contribution in [0.25, 0.3) is 6.08 Å². The van der Waals surface area contributed by atoms with Crippen LogP contribution in [-0.2, 0) is 0 Å². The van der Waals surface area contributed by atoms with Crippen molar-refractivity contribution in [3.8, 4) is 0 Å². The van der Waals surface area contributed by atoms with Gasteiger partial charge in [-0.2, -0.15) is 0 Å². The van der Waals surface area contributed by atoms with Gasteiger partial charge in [0.25, 0.3) is 0 Å². The summed E-state index contributed by atoms with van der Waals surface area (Å²) in [6, 6.07) is 12.2. The second-order valence-electron chi connectivity index (χ2n) is 6.47. The molecule has 0 amide bonds. The first-order valence-electron chi connectivity index (χ1n) is 7.92.